The summed E-state index contributed by atoms with van der Waals surface area (Å²) in [6.07, 6.45) is 2.54. The highest BCUT2D eigenvalue weighted by Gasteiger charge is 2.26. The Morgan fingerprint density at radius 2 is 2.00 bits per heavy atom. The number of methoxy groups -OCH3 is 2. The first-order valence-electron chi connectivity index (χ1n) is 5.85. The molecule has 0 saturated heterocycles. The molecule has 1 aromatic carbocycles. The Labute approximate surface area is 115 Å². The maximum absolute atomic E-state index is 12.1. The van der Waals surface area contributed by atoms with E-state index in [0.29, 0.717) is 23.2 Å². The van der Waals surface area contributed by atoms with E-state index in [4.69, 9.17) is 0 Å². The number of ether oxygens (including phenoxy) is 2. The molecule has 0 aromatic heterocycles. The van der Waals surface area contributed by atoms with Gasteiger partial charge >= 0.3 is 11.9 Å². The Morgan fingerprint density at radius 3 is 2.65 bits per heavy atom. The Morgan fingerprint density at radius 1 is 1.25 bits per heavy atom. The smallest absolute Gasteiger partial charge is 0.337 e. The first-order chi connectivity index (χ1) is 9.56. The summed E-state index contributed by atoms with van der Waals surface area (Å²) in [5.74, 6) is -1.22. The third-order valence-electron chi connectivity index (χ3n) is 2.95. The first-order valence-corrected chi connectivity index (χ1v) is 5.85. The zero-order valence-electron chi connectivity index (χ0n) is 11.1. The van der Waals surface area contributed by atoms with Gasteiger partial charge in [0.15, 0.2) is 0 Å². The fourth-order valence-corrected chi connectivity index (χ4v) is 1.93. The van der Waals surface area contributed by atoms with Gasteiger partial charge in [0.1, 0.15) is 0 Å². The van der Waals surface area contributed by atoms with Crippen LogP contribution in [0.1, 0.15) is 26.3 Å². The molecule has 0 spiro atoms. The predicted molar refractivity (Wildman–Crippen MR) is 68.8 cm³/mol. The maximum Gasteiger partial charge on any atom is 0.337 e. The number of rotatable bonds is 3. The fourth-order valence-electron chi connectivity index (χ4n) is 1.93. The van der Waals surface area contributed by atoms with Crippen molar-refractivity contribution in [2.45, 2.75) is 6.54 Å². The Hall–Kier alpha value is -2.63. The van der Waals surface area contributed by atoms with Gasteiger partial charge < -0.3 is 14.4 Å². The number of benzene rings is 1. The van der Waals surface area contributed by atoms with Crippen molar-refractivity contribution in [2.24, 2.45) is 0 Å². The average Bonchev–Trinajstić information content (AvgIpc) is 2.79. The lowest BCUT2D eigenvalue weighted by atomic mass is 10.1. The van der Waals surface area contributed by atoms with Crippen LogP contribution in [0.25, 0.3) is 0 Å². The lowest BCUT2D eigenvalue weighted by Gasteiger charge is -2.07. The molecule has 104 valence electrons. The molecule has 0 radical (unpaired) electrons. The van der Waals surface area contributed by atoms with Crippen LogP contribution in [0.4, 0.5) is 0 Å². The average molecular weight is 275 g/mol. The van der Waals surface area contributed by atoms with E-state index in [2.05, 4.69) is 9.47 Å². The Kier molecular flexibility index (Phi) is 3.84. The summed E-state index contributed by atoms with van der Waals surface area (Å²) in [7, 11) is 2.56. The molecule has 6 heteroatoms. The van der Waals surface area contributed by atoms with Crippen molar-refractivity contribution in [3.05, 3.63) is 47.2 Å². The second-order valence-electron chi connectivity index (χ2n) is 4.14. The summed E-state index contributed by atoms with van der Waals surface area (Å²) in [6, 6.07) is 4.73. The summed E-state index contributed by atoms with van der Waals surface area (Å²) in [5.41, 5.74) is 1.61. The van der Waals surface area contributed by atoms with E-state index in [1.165, 1.54) is 37.5 Å². The number of hydrogen-bond donors (Lipinski definition) is 0. The largest absolute Gasteiger partial charge is 0.466 e. The van der Waals surface area contributed by atoms with Crippen LogP contribution in [0.2, 0.25) is 0 Å². The Bertz CT molecular complexity index is 606. The molecule has 2 rings (SSSR count). The minimum atomic E-state index is -0.538. The molecule has 1 heterocycles. The highest BCUT2D eigenvalue weighted by Crippen LogP contribution is 2.24. The van der Waals surface area contributed by atoms with Gasteiger partial charge in [-0.05, 0) is 23.8 Å². The van der Waals surface area contributed by atoms with Crippen LogP contribution < -0.4 is 0 Å². The van der Waals surface area contributed by atoms with Gasteiger partial charge in [0, 0.05) is 17.8 Å². The van der Waals surface area contributed by atoms with E-state index >= 15 is 0 Å². The summed E-state index contributed by atoms with van der Waals surface area (Å²) in [4.78, 5) is 35.9. The SMILES string of the molecule is COC(=O)/C=C/N1Cc2cc(C(=O)OC)ccc2C1=O. The highest BCUT2D eigenvalue weighted by atomic mass is 16.5. The normalized spacial score (nSPS) is 13.5. The van der Waals surface area contributed by atoms with Crippen molar-refractivity contribution >= 4 is 17.8 Å². The Balaban J connectivity index is 2.22. The molecule has 6 nitrogen and oxygen atoms in total. The third-order valence-corrected chi connectivity index (χ3v) is 2.95. The molecule has 1 aliphatic heterocycles. The van der Waals surface area contributed by atoms with Gasteiger partial charge in [-0.2, -0.15) is 0 Å². The van der Waals surface area contributed by atoms with Gasteiger partial charge in [0.25, 0.3) is 5.91 Å². The van der Waals surface area contributed by atoms with Crippen LogP contribution in [0, 0.1) is 0 Å². The number of nitrogens with zero attached hydrogens (tertiary/aromatic N) is 1. The van der Waals surface area contributed by atoms with Crippen LogP contribution in [-0.2, 0) is 20.8 Å². The van der Waals surface area contributed by atoms with E-state index in [-0.39, 0.29) is 5.91 Å². The van der Waals surface area contributed by atoms with E-state index in [1.54, 1.807) is 12.1 Å². The van der Waals surface area contributed by atoms with Crippen LogP contribution >= 0.6 is 0 Å². The topological polar surface area (TPSA) is 72.9 Å². The quantitative estimate of drug-likeness (QED) is 0.610. The summed E-state index contributed by atoms with van der Waals surface area (Å²) < 4.78 is 9.09. The number of amides is 1. The van der Waals surface area contributed by atoms with Gasteiger partial charge in [-0.15, -0.1) is 0 Å². The van der Waals surface area contributed by atoms with Crippen molar-refractivity contribution in [2.75, 3.05) is 14.2 Å². The van der Waals surface area contributed by atoms with Gasteiger partial charge in [-0.3, -0.25) is 4.79 Å². The van der Waals surface area contributed by atoms with Gasteiger partial charge in [0.2, 0.25) is 0 Å². The second kappa shape index (κ2) is 5.56. The number of hydrogen-bond acceptors (Lipinski definition) is 5. The molecule has 1 aromatic rings. The number of esters is 2. The molecule has 0 N–H and O–H groups in total. The lowest BCUT2D eigenvalue weighted by molar-refractivity contribution is -0.134. The predicted octanol–water partition coefficient (Wildman–Crippen LogP) is 1.12. The second-order valence-corrected chi connectivity index (χ2v) is 4.14. The lowest BCUT2D eigenvalue weighted by Crippen LogP contribution is -2.17. The molecule has 0 aliphatic carbocycles. The summed E-state index contributed by atoms with van der Waals surface area (Å²) in [5, 5.41) is 0. The molecule has 0 unspecified atom stereocenters. The summed E-state index contributed by atoms with van der Waals surface area (Å²) in [6.45, 7) is 0.298. The van der Waals surface area contributed by atoms with Crippen molar-refractivity contribution in [1.82, 2.24) is 4.90 Å². The number of carbonyl (C=O) groups is 3. The molecule has 0 atom stereocenters. The van der Waals surface area contributed by atoms with Crippen LogP contribution in [-0.4, -0.2) is 37.0 Å². The number of fused-ring (bicyclic) bond motifs is 1. The highest BCUT2D eigenvalue weighted by molar-refractivity contribution is 6.01. The molecule has 0 bridgehead atoms. The fraction of sp³-hybridized carbons (Fsp3) is 0.214. The van der Waals surface area contributed by atoms with E-state index in [9.17, 15) is 14.4 Å². The first kappa shape index (κ1) is 13.8. The summed E-state index contributed by atoms with van der Waals surface area (Å²) >= 11 is 0. The number of carbonyl (C=O) groups excluding carboxylic acids is 3. The molecule has 20 heavy (non-hydrogen) atoms. The zero-order chi connectivity index (χ0) is 14.7. The monoisotopic (exact) mass is 275 g/mol. The molecular weight excluding hydrogens is 262 g/mol. The molecule has 1 amide bonds. The third kappa shape index (κ3) is 2.54. The maximum atomic E-state index is 12.1. The van der Waals surface area contributed by atoms with Crippen molar-refractivity contribution in [1.29, 1.82) is 0 Å². The molecule has 1 aliphatic rings. The zero-order valence-corrected chi connectivity index (χ0v) is 11.1. The molecule has 0 fully saturated rings. The van der Waals surface area contributed by atoms with Crippen LogP contribution in [0.3, 0.4) is 0 Å². The van der Waals surface area contributed by atoms with Crippen molar-refractivity contribution in [3.8, 4) is 0 Å². The van der Waals surface area contributed by atoms with Gasteiger partial charge in [-0.1, -0.05) is 0 Å². The molecular formula is C14H13NO5. The van der Waals surface area contributed by atoms with Crippen molar-refractivity contribution in [3.63, 3.8) is 0 Å². The van der Waals surface area contributed by atoms with E-state index in [0.717, 1.165) is 0 Å². The minimum absolute atomic E-state index is 0.225. The van der Waals surface area contributed by atoms with Crippen LogP contribution in [0.5, 0.6) is 0 Å². The van der Waals surface area contributed by atoms with E-state index < -0.39 is 11.9 Å². The van der Waals surface area contributed by atoms with Gasteiger partial charge in [-0.25, -0.2) is 9.59 Å². The minimum Gasteiger partial charge on any atom is -0.466 e. The van der Waals surface area contributed by atoms with Crippen molar-refractivity contribution < 1.29 is 23.9 Å². The molecule has 0 saturated carbocycles. The standard InChI is InChI=1S/C14H13NO5/c1-19-12(16)5-6-15-8-10-7-9(14(18)20-2)3-4-11(10)13(15)17/h3-7H,8H2,1-2H3/b6-5+. The van der Waals surface area contributed by atoms with Crippen LogP contribution in [0.15, 0.2) is 30.5 Å². The van der Waals surface area contributed by atoms with Gasteiger partial charge in [0.05, 0.1) is 26.3 Å². The van der Waals surface area contributed by atoms with E-state index in [1.807, 2.05) is 0 Å².